The molecule has 2 aromatic rings. The first kappa shape index (κ1) is 40.0. The summed E-state index contributed by atoms with van der Waals surface area (Å²) in [6.45, 7) is 0. The van der Waals surface area contributed by atoms with Gasteiger partial charge in [0.05, 0.1) is 12.1 Å². The van der Waals surface area contributed by atoms with Crippen LogP contribution in [0.2, 0.25) is 10.0 Å². The molecule has 2 atom stereocenters. The summed E-state index contributed by atoms with van der Waals surface area (Å²) in [5.41, 5.74) is 13.1. The number of hydroxylamine groups is 2. The van der Waals surface area contributed by atoms with Crippen LogP contribution in [0.1, 0.15) is 23.2 Å². The largest absolute Gasteiger partial charge is 2.00 e. The maximum atomic E-state index is 11.1. The Bertz CT molecular complexity index is 1080. The molecule has 4 rings (SSSR count). The second-order valence-corrected chi connectivity index (χ2v) is 8.88. The molecule has 2 N–H and O–H groups in total. The summed E-state index contributed by atoms with van der Waals surface area (Å²) < 4.78 is 0. The van der Waals surface area contributed by atoms with Crippen LogP contribution >= 0.6 is 46.4 Å². The van der Waals surface area contributed by atoms with Gasteiger partial charge in [0.25, 0.3) is 0 Å². The van der Waals surface area contributed by atoms with Gasteiger partial charge in [-0.05, 0) is 47.5 Å². The van der Waals surface area contributed by atoms with Gasteiger partial charge in [-0.3, -0.25) is 0 Å². The van der Waals surface area contributed by atoms with Crippen LogP contribution in [-0.4, -0.2) is 0 Å². The maximum absolute atomic E-state index is 11.1. The van der Waals surface area contributed by atoms with Crippen molar-refractivity contribution in [1.29, 1.82) is 0 Å². The van der Waals surface area contributed by atoms with E-state index in [2.05, 4.69) is 11.5 Å². The normalized spacial score (nSPS) is 15.2. The first-order valence-electron chi connectivity index (χ1n) is 10.0. The van der Waals surface area contributed by atoms with E-state index in [4.69, 9.17) is 46.4 Å². The van der Waals surface area contributed by atoms with E-state index < -0.39 is 12.1 Å². The van der Waals surface area contributed by atoms with Crippen LogP contribution in [0, 0.1) is 21.2 Å². The quantitative estimate of drug-likeness (QED) is 0.266. The number of hydrogen-bond donors (Lipinski definition) is 2. The van der Waals surface area contributed by atoms with Gasteiger partial charge in [-0.25, -0.2) is 0 Å². The zero-order valence-electron chi connectivity index (χ0n) is 19.0. The summed E-state index contributed by atoms with van der Waals surface area (Å²) in [4.78, 5) is 0. The van der Waals surface area contributed by atoms with Gasteiger partial charge >= 0.3 is 40.8 Å². The van der Waals surface area contributed by atoms with Crippen molar-refractivity contribution >= 4 is 46.4 Å². The molecule has 0 heterocycles. The molecule has 0 spiro atoms. The molecule has 4 nitrogen and oxygen atoms in total. The van der Waals surface area contributed by atoms with Gasteiger partial charge in [-0.15, -0.1) is 34.7 Å². The second kappa shape index (κ2) is 20.7. The van der Waals surface area contributed by atoms with Crippen LogP contribution in [0.5, 0.6) is 0 Å². The van der Waals surface area contributed by atoms with Crippen LogP contribution in [0.4, 0.5) is 0 Å². The van der Waals surface area contributed by atoms with E-state index in [1.807, 2.05) is 11.0 Å². The van der Waals surface area contributed by atoms with Gasteiger partial charge in [0.2, 0.25) is 0 Å². The topological polar surface area (TPSA) is 70.2 Å². The Labute approximate surface area is 282 Å². The van der Waals surface area contributed by atoms with Crippen molar-refractivity contribution in [3.05, 3.63) is 150 Å². The van der Waals surface area contributed by atoms with E-state index in [-0.39, 0.29) is 65.7 Å². The summed E-state index contributed by atoms with van der Waals surface area (Å²) in [5.74, 6) is 0. The summed E-state index contributed by atoms with van der Waals surface area (Å²) in [6.07, 6.45) is 10.3. The van der Waals surface area contributed by atoms with E-state index in [1.54, 1.807) is 85.0 Å². The number of allylic oxidation sites excluding steroid dienone is 2. The Balaban J connectivity index is 0. The Kier molecular flexibility index (Phi) is 21.8. The number of rotatable bonds is 6. The molecule has 0 saturated heterocycles. The third-order valence-corrected chi connectivity index (χ3v) is 5.84. The van der Waals surface area contributed by atoms with Crippen molar-refractivity contribution in [1.82, 2.24) is 11.0 Å². The molecule has 2 radical (unpaired) electrons. The average molecular weight is 816 g/mol. The van der Waals surface area contributed by atoms with Gasteiger partial charge in [-0.1, -0.05) is 71.8 Å². The fourth-order valence-electron chi connectivity index (χ4n) is 3.13. The average Bonchev–Trinajstić information content (AvgIpc) is 2.85. The van der Waals surface area contributed by atoms with Crippen molar-refractivity contribution in [2.45, 2.75) is 12.1 Å². The summed E-state index contributed by atoms with van der Waals surface area (Å²) >= 11 is 23.2. The molecule has 0 aliphatic heterocycles. The van der Waals surface area contributed by atoms with Gasteiger partial charge in [0.15, 0.2) is 0 Å². The standard InChI is InChI=1S/2C13H9Cl2NO.2ClH.2Pd/c2*14-11-5-1-9(2-6-11)13(16-17)10-3-7-12(15)8-4-10;;;;/h2*1-3,5-8,13,16H;2*1H;;/q2*-1;;;2*+2/p-2. The minimum absolute atomic E-state index is 0. The molecule has 0 aromatic heterocycles. The smallest absolute Gasteiger partial charge is 1.00 e. The maximum Gasteiger partial charge on any atom is 2.00 e. The fraction of sp³-hybridized carbons (Fsp3) is 0.0769. The van der Waals surface area contributed by atoms with Crippen molar-refractivity contribution in [2.75, 3.05) is 0 Å². The molecule has 2 unspecified atom stereocenters. The predicted molar refractivity (Wildman–Crippen MR) is 141 cm³/mol. The monoisotopic (exact) mass is 812 g/mol. The molecule has 0 saturated carbocycles. The van der Waals surface area contributed by atoms with E-state index in [0.717, 1.165) is 22.3 Å². The minimum Gasteiger partial charge on any atom is -1.00 e. The third-order valence-electron chi connectivity index (χ3n) is 4.86. The Morgan fingerprint density at radius 3 is 1.11 bits per heavy atom. The zero-order chi connectivity index (χ0) is 24.5. The van der Waals surface area contributed by atoms with Crippen LogP contribution in [-0.2, 0) is 40.8 Å². The van der Waals surface area contributed by atoms with Gasteiger partial charge in [0, 0.05) is 21.2 Å². The van der Waals surface area contributed by atoms with Crippen molar-refractivity contribution in [3.63, 3.8) is 0 Å². The minimum atomic E-state index is -0.454. The van der Waals surface area contributed by atoms with Crippen LogP contribution in [0.25, 0.3) is 0 Å². The summed E-state index contributed by atoms with van der Waals surface area (Å²) in [6, 6.07) is 13.3. The summed E-state index contributed by atoms with van der Waals surface area (Å²) in [5, 5.41) is 24.6. The van der Waals surface area contributed by atoms with Gasteiger partial charge in [0.1, 0.15) is 10.8 Å². The van der Waals surface area contributed by atoms with E-state index in [9.17, 15) is 10.4 Å². The molecule has 38 heavy (non-hydrogen) atoms. The van der Waals surface area contributed by atoms with Crippen molar-refractivity contribution in [2.24, 2.45) is 0 Å². The second-order valence-electron chi connectivity index (χ2n) is 7.13. The molecular weight excluding hydrogens is 798 g/mol. The molecule has 0 amide bonds. The van der Waals surface area contributed by atoms with Crippen molar-refractivity contribution < 1.29 is 65.7 Å². The van der Waals surface area contributed by atoms with E-state index in [0.29, 0.717) is 20.8 Å². The molecule has 2 aromatic carbocycles. The number of benzene rings is 2. The predicted octanol–water partition coefficient (Wildman–Crippen LogP) is 1.78. The van der Waals surface area contributed by atoms with Crippen molar-refractivity contribution in [3.8, 4) is 0 Å². The van der Waals surface area contributed by atoms with Gasteiger partial charge < -0.3 is 46.2 Å². The molecule has 0 fully saturated rings. The van der Waals surface area contributed by atoms with Crippen LogP contribution in [0.3, 0.4) is 0 Å². The fourth-order valence-corrected chi connectivity index (χ4v) is 3.61. The SMILES string of the molecule is [Cl-].[Cl-].[O-]NC(C1=C=C[C](Cl)C=C1)c1ccc(Cl)cc1.[O-]NC(C1=C=C[C](Cl)C=C1)c1ccc(Cl)cc1.[Pd+2].[Pd+2]. The molecule has 2 aliphatic rings. The Morgan fingerprint density at radius 1 is 0.553 bits per heavy atom. The number of hydrogen-bond acceptors (Lipinski definition) is 4. The number of halogens is 6. The zero-order valence-corrected chi connectivity index (χ0v) is 26.6. The molecule has 0 bridgehead atoms. The molecule has 12 heteroatoms. The number of nitrogens with one attached hydrogen (secondary N) is 2. The first-order chi connectivity index (χ1) is 16.4. The Morgan fingerprint density at radius 2 is 0.868 bits per heavy atom. The first-order valence-corrected chi connectivity index (χ1v) is 11.5. The Hall–Kier alpha value is -0.135. The van der Waals surface area contributed by atoms with Crippen LogP contribution < -0.4 is 35.8 Å². The third kappa shape index (κ3) is 12.2. The molecule has 2 aliphatic carbocycles. The summed E-state index contributed by atoms with van der Waals surface area (Å²) in [7, 11) is 0. The molecular formula is C26H18Cl6N2O2Pd2. The van der Waals surface area contributed by atoms with E-state index >= 15 is 0 Å². The van der Waals surface area contributed by atoms with Gasteiger partial charge in [-0.2, -0.15) is 0 Å². The van der Waals surface area contributed by atoms with E-state index in [1.165, 1.54) is 0 Å². The van der Waals surface area contributed by atoms with Crippen LogP contribution in [0.15, 0.2) is 108 Å². The molecule has 206 valence electrons.